The highest BCUT2D eigenvalue weighted by molar-refractivity contribution is 7.88. The fraction of sp³-hybridized carbons (Fsp3) is 0.188. The van der Waals surface area contributed by atoms with Crippen LogP contribution in [0.2, 0.25) is 5.15 Å². The zero-order chi connectivity index (χ0) is 17.7. The minimum Gasteiger partial charge on any atom is -0.282 e. The molecule has 0 atom stereocenters. The summed E-state index contributed by atoms with van der Waals surface area (Å²) in [6.07, 6.45) is 5.36. The normalized spacial score (nSPS) is 11.6. The molecule has 3 heterocycles. The van der Waals surface area contributed by atoms with Crippen molar-refractivity contribution >= 4 is 21.6 Å². The molecule has 9 heteroatoms. The Morgan fingerprint density at radius 2 is 1.96 bits per heavy atom. The van der Waals surface area contributed by atoms with Crippen LogP contribution in [0, 0.1) is 0 Å². The van der Waals surface area contributed by atoms with Crippen molar-refractivity contribution in [3.8, 4) is 11.3 Å². The highest BCUT2D eigenvalue weighted by Gasteiger charge is 2.12. The molecule has 0 aliphatic carbocycles. The van der Waals surface area contributed by atoms with Crippen molar-refractivity contribution in [3.63, 3.8) is 0 Å². The molecule has 0 unspecified atom stereocenters. The zero-order valence-electron chi connectivity index (χ0n) is 13.2. The molecule has 0 saturated carbocycles. The van der Waals surface area contributed by atoms with E-state index in [0.717, 1.165) is 17.0 Å². The van der Waals surface area contributed by atoms with Crippen LogP contribution in [0.5, 0.6) is 0 Å². The van der Waals surface area contributed by atoms with E-state index in [1.807, 2.05) is 18.2 Å². The SMILES string of the molecule is O=S(=O)(Cc1ccc(Cl)nc1)NCCc1cc(-c2ccncc2)n[nH]1. The summed E-state index contributed by atoms with van der Waals surface area (Å²) in [5, 5.41) is 7.48. The first-order valence-electron chi connectivity index (χ1n) is 7.54. The Labute approximate surface area is 150 Å². The predicted octanol–water partition coefficient (Wildman–Crippen LogP) is 2.18. The van der Waals surface area contributed by atoms with Gasteiger partial charge in [0.05, 0.1) is 11.4 Å². The molecule has 0 bridgehead atoms. The smallest absolute Gasteiger partial charge is 0.215 e. The van der Waals surface area contributed by atoms with Crippen molar-refractivity contribution in [1.29, 1.82) is 0 Å². The summed E-state index contributed by atoms with van der Waals surface area (Å²) >= 11 is 5.69. The standard InChI is InChI=1S/C16H16ClN5O2S/c17-16-2-1-12(10-19-16)11-25(23,24)20-8-5-14-9-15(22-21-14)13-3-6-18-7-4-13/h1-4,6-7,9-10,20H,5,8,11H2,(H,21,22). The maximum absolute atomic E-state index is 12.1. The van der Waals surface area contributed by atoms with Gasteiger partial charge in [-0.3, -0.25) is 10.1 Å². The highest BCUT2D eigenvalue weighted by Crippen LogP contribution is 2.16. The summed E-state index contributed by atoms with van der Waals surface area (Å²) in [6, 6.07) is 8.83. The minimum absolute atomic E-state index is 0.136. The third-order valence-corrected chi connectivity index (χ3v) is 5.05. The second-order valence-corrected chi connectivity index (χ2v) is 7.60. The minimum atomic E-state index is -3.44. The Balaban J connectivity index is 1.54. The van der Waals surface area contributed by atoms with E-state index in [2.05, 4.69) is 24.9 Å². The predicted molar refractivity (Wildman–Crippen MR) is 95.4 cm³/mol. The Morgan fingerprint density at radius 3 is 2.68 bits per heavy atom. The maximum atomic E-state index is 12.1. The molecule has 0 spiro atoms. The summed E-state index contributed by atoms with van der Waals surface area (Å²) in [5.74, 6) is -0.136. The van der Waals surface area contributed by atoms with Gasteiger partial charge < -0.3 is 0 Å². The van der Waals surface area contributed by atoms with Gasteiger partial charge in [0.25, 0.3) is 0 Å². The molecular weight excluding hydrogens is 362 g/mol. The molecule has 0 saturated heterocycles. The summed E-state index contributed by atoms with van der Waals surface area (Å²) in [5.41, 5.74) is 3.18. The number of hydrogen-bond donors (Lipinski definition) is 2. The average molecular weight is 378 g/mol. The maximum Gasteiger partial charge on any atom is 0.215 e. The van der Waals surface area contributed by atoms with Crippen LogP contribution in [-0.2, 0) is 22.2 Å². The molecule has 0 fully saturated rings. The fourth-order valence-electron chi connectivity index (χ4n) is 2.26. The number of hydrogen-bond acceptors (Lipinski definition) is 5. The number of rotatable bonds is 7. The van der Waals surface area contributed by atoms with Crippen molar-refractivity contribution in [2.45, 2.75) is 12.2 Å². The Bertz CT molecular complexity index is 927. The van der Waals surface area contributed by atoms with Gasteiger partial charge in [0.15, 0.2) is 0 Å². The zero-order valence-corrected chi connectivity index (χ0v) is 14.8. The fourth-order valence-corrected chi connectivity index (χ4v) is 3.50. The third kappa shape index (κ3) is 5.09. The van der Waals surface area contributed by atoms with E-state index in [4.69, 9.17) is 11.6 Å². The van der Waals surface area contributed by atoms with Crippen LogP contribution in [-0.4, -0.2) is 35.1 Å². The number of H-pyrrole nitrogens is 1. The quantitative estimate of drug-likeness (QED) is 0.614. The second-order valence-electron chi connectivity index (χ2n) is 5.41. The summed E-state index contributed by atoms with van der Waals surface area (Å²) in [4.78, 5) is 7.85. The number of nitrogens with zero attached hydrogens (tertiary/aromatic N) is 3. The summed E-state index contributed by atoms with van der Waals surface area (Å²) in [7, 11) is -3.44. The van der Waals surface area contributed by atoms with E-state index in [1.54, 1.807) is 24.5 Å². The van der Waals surface area contributed by atoms with Crippen molar-refractivity contribution in [2.75, 3.05) is 6.54 Å². The molecule has 7 nitrogen and oxygen atoms in total. The van der Waals surface area contributed by atoms with Gasteiger partial charge in [-0.25, -0.2) is 18.1 Å². The Kier molecular flexibility index (Phi) is 5.42. The van der Waals surface area contributed by atoms with E-state index in [1.165, 1.54) is 6.20 Å². The van der Waals surface area contributed by atoms with E-state index in [9.17, 15) is 8.42 Å². The third-order valence-electron chi connectivity index (χ3n) is 3.47. The molecule has 0 amide bonds. The Morgan fingerprint density at radius 1 is 1.16 bits per heavy atom. The van der Waals surface area contributed by atoms with Crippen LogP contribution in [0.1, 0.15) is 11.3 Å². The molecule has 2 N–H and O–H groups in total. The van der Waals surface area contributed by atoms with Gasteiger partial charge in [0.2, 0.25) is 10.0 Å². The summed E-state index contributed by atoms with van der Waals surface area (Å²) < 4.78 is 26.8. The van der Waals surface area contributed by atoms with Crippen molar-refractivity contribution in [3.05, 3.63) is 65.3 Å². The first-order valence-corrected chi connectivity index (χ1v) is 9.57. The molecule has 0 radical (unpaired) electrons. The van der Waals surface area contributed by atoms with Gasteiger partial charge in [-0.05, 0) is 29.8 Å². The van der Waals surface area contributed by atoms with Gasteiger partial charge in [-0.15, -0.1) is 0 Å². The van der Waals surface area contributed by atoms with Crippen LogP contribution in [0.25, 0.3) is 11.3 Å². The van der Waals surface area contributed by atoms with Gasteiger partial charge >= 0.3 is 0 Å². The van der Waals surface area contributed by atoms with Crippen LogP contribution in [0.4, 0.5) is 0 Å². The lowest BCUT2D eigenvalue weighted by atomic mass is 10.2. The van der Waals surface area contributed by atoms with E-state index < -0.39 is 10.0 Å². The molecule has 3 aromatic heterocycles. The van der Waals surface area contributed by atoms with Crippen molar-refractivity contribution < 1.29 is 8.42 Å². The Hall–Kier alpha value is -2.29. The van der Waals surface area contributed by atoms with Crippen molar-refractivity contribution in [1.82, 2.24) is 24.9 Å². The number of pyridine rings is 2. The van der Waals surface area contributed by atoms with Gasteiger partial charge in [-0.1, -0.05) is 17.7 Å². The number of nitrogens with one attached hydrogen (secondary N) is 2. The first kappa shape index (κ1) is 17.5. The lowest BCUT2D eigenvalue weighted by molar-refractivity contribution is 0.580. The highest BCUT2D eigenvalue weighted by atomic mass is 35.5. The number of aromatic nitrogens is 4. The number of halogens is 1. The van der Waals surface area contributed by atoms with Gasteiger partial charge in [-0.2, -0.15) is 5.10 Å². The molecular formula is C16H16ClN5O2S. The van der Waals surface area contributed by atoms with Gasteiger partial charge in [0, 0.05) is 42.8 Å². The lowest BCUT2D eigenvalue weighted by Gasteiger charge is -2.06. The van der Waals surface area contributed by atoms with Crippen molar-refractivity contribution in [2.24, 2.45) is 0 Å². The van der Waals surface area contributed by atoms with Crippen LogP contribution in [0.15, 0.2) is 48.9 Å². The van der Waals surface area contributed by atoms with E-state index in [0.29, 0.717) is 17.1 Å². The molecule has 25 heavy (non-hydrogen) atoms. The molecule has 3 rings (SSSR count). The number of aromatic amines is 1. The van der Waals surface area contributed by atoms with Gasteiger partial charge in [0.1, 0.15) is 5.15 Å². The van der Waals surface area contributed by atoms with E-state index >= 15 is 0 Å². The number of sulfonamides is 1. The molecule has 0 aliphatic rings. The molecule has 130 valence electrons. The largest absolute Gasteiger partial charge is 0.282 e. The first-order chi connectivity index (χ1) is 12.0. The van der Waals surface area contributed by atoms with Crippen LogP contribution < -0.4 is 4.72 Å². The summed E-state index contributed by atoms with van der Waals surface area (Å²) in [6.45, 7) is 0.279. The lowest BCUT2D eigenvalue weighted by Crippen LogP contribution is -2.27. The van der Waals surface area contributed by atoms with E-state index in [-0.39, 0.29) is 12.3 Å². The molecule has 3 aromatic rings. The topological polar surface area (TPSA) is 101 Å². The monoisotopic (exact) mass is 377 g/mol. The van der Waals surface area contributed by atoms with Crippen LogP contribution in [0.3, 0.4) is 0 Å². The second kappa shape index (κ2) is 7.73. The molecule has 0 aromatic carbocycles. The van der Waals surface area contributed by atoms with Crippen LogP contribution >= 0.6 is 11.6 Å². The molecule has 0 aliphatic heterocycles. The average Bonchev–Trinajstić information content (AvgIpc) is 3.06.